The molecule has 112 valence electrons. The van der Waals surface area contributed by atoms with Crippen molar-refractivity contribution >= 4 is 33.1 Å². The monoisotopic (exact) mass is 326 g/mol. The molecule has 0 aliphatic heterocycles. The lowest BCUT2D eigenvalue weighted by Crippen LogP contribution is -2.15. The third-order valence-electron chi connectivity index (χ3n) is 2.72. The predicted octanol–water partition coefficient (Wildman–Crippen LogP) is 2.67. The lowest BCUT2D eigenvalue weighted by atomic mass is 10.3. The van der Waals surface area contributed by atoms with Crippen molar-refractivity contribution < 1.29 is 8.42 Å². The maximum Gasteiger partial charge on any atom is 0.263 e. The molecule has 2 aromatic heterocycles. The minimum absolute atomic E-state index is 0.00240. The largest absolute Gasteiger partial charge is 0.369 e. The fourth-order valence-corrected chi connectivity index (χ4v) is 3.05. The van der Waals surface area contributed by atoms with Gasteiger partial charge in [0.05, 0.1) is 16.4 Å². The highest BCUT2D eigenvalue weighted by molar-refractivity contribution is 7.92. The first kappa shape index (κ1) is 15.5. The topological polar surface area (TPSA) is 84.0 Å². The van der Waals surface area contributed by atoms with Crippen molar-refractivity contribution in [2.45, 2.75) is 18.7 Å². The third kappa shape index (κ3) is 3.62. The molecule has 0 unspecified atom stereocenters. The van der Waals surface area contributed by atoms with Gasteiger partial charge in [-0.25, -0.2) is 13.4 Å². The number of hydrogen-bond acceptors (Lipinski definition) is 5. The normalized spacial score (nSPS) is 11.2. The van der Waals surface area contributed by atoms with Crippen LogP contribution in [0.5, 0.6) is 0 Å². The van der Waals surface area contributed by atoms with Gasteiger partial charge in [0.1, 0.15) is 10.7 Å². The van der Waals surface area contributed by atoms with Crippen molar-refractivity contribution in [3.05, 3.63) is 41.3 Å². The van der Waals surface area contributed by atoms with E-state index in [4.69, 9.17) is 11.6 Å². The molecule has 2 N–H and O–H groups in total. The molecular weight excluding hydrogens is 312 g/mol. The van der Waals surface area contributed by atoms with E-state index in [1.165, 1.54) is 12.3 Å². The standard InChI is InChI=1S/C13H15ClN4O2S/c1-3-15-13-11(14)7-10(8-17-13)21(19,20)18-12-5-4-6-16-9(12)2/h4-8,18H,3H2,1-2H3,(H,15,17). The number of nitrogens with one attached hydrogen (secondary N) is 2. The zero-order valence-electron chi connectivity index (χ0n) is 11.6. The van der Waals surface area contributed by atoms with Crippen molar-refractivity contribution in [2.24, 2.45) is 0 Å². The maximum atomic E-state index is 12.3. The van der Waals surface area contributed by atoms with E-state index >= 15 is 0 Å². The van der Waals surface area contributed by atoms with Gasteiger partial charge >= 0.3 is 0 Å². The number of hydrogen-bond donors (Lipinski definition) is 2. The van der Waals surface area contributed by atoms with Gasteiger partial charge in [-0.15, -0.1) is 0 Å². The highest BCUT2D eigenvalue weighted by atomic mass is 35.5. The van der Waals surface area contributed by atoms with Crippen LogP contribution in [0, 0.1) is 6.92 Å². The Morgan fingerprint density at radius 3 is 2.71 bits per heavy atom. The Labute approximate surface area is 128 Å². The van der Waals surface area contributed by atoms with Crippen LogP contribution in [0.3, 0.4) is 0 Å². The molecule has 0 aromatic carbocycles. The molecule has 0 aliphatic rings. The average Bonchev–Trinajstić information content (AvgIpc) is 2.43. The Morgan fingerprint density at radius 2 is 2.10 bits per heavy atom. The first-order valence-electron chi connectivity index (χ1n) is 6.28. The summed E-state index contributed by atoms with van der Waals surface area (Å²) < 4.78 is 27.1. The van der Waals surface area contributed by atoms with E-state index in [-0.39, 0.29) is 9.92 Å². The number of rotatable bonds is 5. The molecule has 0 spiro atoms. The highest BCUT2D eigenvalue weighted by Crippen LogP contribution is 2.24. The minimum atomic E-state index is -3.75. The summed E-state index contributed by atoms with van der Waals surface area (Å²) in [6.07, 6.45) is 2.86. The summed E-state index contributed by atoms with van der Waals surface area (Å²) in [6.45, 7) is 4.26. The molecule has 0 atom stereocenters. The quantitative estimate of drug-likeness (QED) is 0.882. The number of sulfonamides is 1. The number of aromatic nitrogens is 2. The molecule has 0 bridgehead atoms. The second kappa shape index (κ2) is 6.28. The van der Waals surface area contributed by atoms with E-state index in [1.54, 1.807) is 25.3 Å². The molecule has 2 heterocycles. The first-order valence-corrected chi connectivity index (χ1v) is 8.14. The van der Waals surface area contributed by atoms with Crippen LogP contribution in [0.15, 0.2) is 35.5 Å². The van der Waals surface area contributed by atoms with Crippen molar-refractivity contribution in [2.75, 3.05) is 16.6 Å². The summed E-state index contributed by atoms with van der Waals surface area (Å²) in [5.74, 6) is 0.454. The lowest BCUT2D eigenvalue weighted by Gasteiger charge is -2.11. The number of anilines is 2. The Bertz CT molecular complexity index is 750. The Hall–Kier alpha value is -1.86. The SMILES string of the molecule is CCNc1ncc(S(=O)(=O)Nc2cccnc2C)cc1Cl. The van der Waals surface area contributed by atoms with E-state index in [0.717, 1.165) is 0 Å². The molecule has 21 heavy (non-hydrogen) atoms. The summed E-state index contributed by atoms with van der Waals surface area (Å²) in [5, 5.41) is 3.20. The fraction of sp³-hybridized carbons (Fsp3) is 0.231. The highest BCUT2D eigenvalue weighted by Gasteiger charge is 2.17. The van der Waals surface area contributed by atoms with Crippen molar-refractivity contribution in [1.29, 1.82) is 0 Å². The summed E-state index contributed by atoms with van der Waals surface area (Å²) in [7, 11) is -3.75. The predicted molar refractivity (Wildman–Crippen MR) is 83.2 cm³/mol. The van der Waals surface area contributed by atoms with Crippen LogP contribution in [0.1, 0.15) is 12.6 Å². The molecular formula is C13H15ClN4O2S. The van der Waals surface area contributed by atoms with Gasteiger partial charge < -0.3 is 5.32 Å². The van der Waals surface area contributed by atoms with Crippen LogP contribution in [0.2, 0.25) is 5.02 Å². The van der Waals surface area contributed by atoms with Gasteiger partial charge in [0.25, 0.3) is 10.0 Å². The van der Waals surface area contributed by atoms with Crippen molar-refractivity contribution in [3.63, 3.8) is 0 Å². The molecule has 0 fully saturated rings. The zero-order valence-corrected chi connectivity index (χ0v) is 13.2. The van der Waals surface area contributed by atoms with Crippen LogP contribution in [-0.4, -0.2) is 24.9 Å². The summed E-state index contributed by atoms with van der Waals surface area (Å²) >= 11 is 6.02. The molecule has 8 heteroatoms. The molecule has 0 radical (unpaired) electrons. The number of aryl methyl sites for hydroxylation is 1. The maximum absolute atomic E-state index is 12.3. The summed E-state index contributed by atoms with van der Waals surface area (Å²) in [5.41, 5.74) is 1.01. The second-order valence-electron chi connectivity index (χ2n) is 4.27. The molecule has 2 rings (SSSR count). The number of nitrogens with zero attached hydrogens (tertiary/aromatic N) is 2. The zero-order chi connectivity index (χ0) is 15.5. The molecule has 0 aliphatic carbocycles. The van der Waals surface area contributed by atoms with Crippen LogP contribution >= 0.6 is 11.6 Å². The first-order chi connectivity index (χ1) is 9.94. The van der Waals surface area contributed by atoms with Crippen LogP contribution in [-0.2, 0) is 10.0 Å². The average molecular weight is 327 g/mol. The van der Waals surface area contributed by atoms with E-state index in [1.807, 2.05) is 6.92 Å². The van der Waals surface area contributed by atoms with Gasteiger partial charge in [-0.3, -0.25) is 9.71 Å². The van der Waals surface area contributed by atoms with Crippen molar-refractivity contribution in [1.82, 2.24) is 9.97 Å². The van der Waals surface area contributed by atoms with Gasteiger partial charge in [0.2, 0.25) is 0 Å². The second-order valence-corrected chi connectivity index (χ2v) is 6.36. The van der Waals surface area contributed by atoms with Crippen LogP contribution in [0.25, 0.3) is 0 Å². The summed E-state index contributed by atoms with van der Waals surface area (Å²) in [4.78, 5) is 8.05. The van der Waals surface area contributed by atoms with Crippen LogP contribution in [0.4, 0.5) is 11.5 Å². The van der Waals surface area contributed by atoms with Gasteiger partial charge in [-0.05, 0) is 32.0 Å². The van der Waals surface area contributed by atoms with Gasteiger partial charge in [-0.2, -0.15) is 0 Å². The fourth-order valence-electron chi connectivity index (χ4n) is 1.66. The van der Waals surface area contributed by atoms with Crippen LogP contribution < -0.4 is 10.0 Å². The molecule has 0 saturated carbocycles. The van der Waals surface area contributed by atoms with Gasteiger partial charge in [0.15, 0.2) is 0 Å². The molecule has 0 saturated heterocycles. The van der Waals surface area contributed by atoms with Gasteiger partial charge in [-0.1, -0.05) is 11.6 Å². The van der Waals surface area contributed by atoms with E-state index in [2.05, 4.69) is 20.0 Å². The Morgan fingerprint density at radius 1 is 1.33 bits per heavy atom. The van der Waals surface area contributed by atoms with E-state index in [0.29, 0.717) is 23.7 Å². The molecule has 2 aromatic rings. The molecule has 0 amide bonds. The lowest BCUT2D eigenvalue weighted by molar-refractivity contribution is 0.600. The Kier molecular flexibility index (Phi) is 4.64. The third-order valence-corrected chi connectivity index (χ3v) is 4.34. The van der Waals surface area contributed by atoms with Crippen molar-refractivity contribution in [3.8, 4) is 0 Å². The van der Waals surface area contributed by atoms with E-state index in [9.17, 15) is 8.42 Å². The van der Waals surface area contributed by atoms with E-state index < -0.39 is 10.0 Å². The smallest absolute Gasteiger partial charge is 0.263 e. The summed E-state index contributed by atoms with van der Waals surface area (Å²) in [6, 6.07) is 4.66. The Balaban J connectivity index is 2.32. The van der Waals surface area contributed by atoms with Gasteiger partial charge in [0, 0.05) is 18.9 Å². The minimum Gasteiger partial charge on any atom is -0.369 e. The molecule has 6 nitrogen and oxygen atoms in total. The number of pyridine rings is 2. The number of halogens is 1.